The van der Waals surface area contributed by atoms with E-state index in [0.717, 1.165) is 11.1 Å². The van der Waals surface area contributed by atoms with Crippen LogP contribution in [0.1, 0.15) is 32.3 Å². The molecule has 1 heterocycles. The molecule has 0 aliphatic rings. The lowest BCUT2D eigenvalue weighted by Gasteiger charge is -2.18. The van der Waals surface area contributed by atoms with Gasteiger partial charge >= 0.3 is 11.7 Å². The number of aryl methyl sites for hydroxylation is 2. The fourth-order valence-corrected chi connectivity index (χ4v) is 4.95. The van der Waals surface area contributed by atoms with E-state index in [-0.39, 0.29) is 23.9 Å². The van der Waals surface area contributed by atoms with Crippen LogP contribution in [-0.2, 0) is 32.5 Å². The number of carbonyl (C=O) groups is 1. The Morgan fingerprint density at radius 2 is 1.75 bits per heavy atom. The summed E-state index contributed by atoms with van der Waals surface area (Å²) < 4.78 is 38.4. The van der Waals surface area contributed by atoms with Gasteiger partial charge < -0.3 is 9.15 Å². The smallest absolute Gasteiger partial charge is 0.419 e. The number of esters is 1. The van der Waals surface area contributed by atoms with E-state index in [1.807, 2.05) is 12.1 Å². The van der Waals surface area contributed by atoms with Crippen LogP contribution in [0.15, 0.2) is 62.6 Å². The van der Waals surface area contributed by atoms with Crippen LogP contribution in [0.5, 0.6) is 0 Å². The zero-order chi connectivity index (χ0) is 23.1. The van der Waals surface area contributed by atoms with Gasteiger partial charge in [0, 0.05) is 26.1 Å². The van der Waals surface area contributed by atoms with Gasteiger partial charge in [-0.3, -0.25) is 9.36 Å². The number of carbonyl (C=O) groups excluding carboxylic acids is 1. The van der Waals surface area contributed by atoms with Crippen LogP contribution in [0.4, 0.5) is 0 Å². The molecule has 0 saturated heterocycles. The van der Waals surface area contributed by atoms with E-state index in [4.69, 9.17) is 9.15 Å². The maximum Gasteiger partial charge on any atom is 0.419 e. The number of oxazole rings is 1. The van der Waals surface area contributed by atoms with Crippen molar-refractivity contribution >= 4 is 27.1 Å². The summed E-state index contributed by atoms with van der Waals surface area (Å²) >= 11 is 0. The molecule has 0 unspecified atom stereocenters. The summed E-state index contributed by atoms with van der Waals surface area (Å²) in [6.45, 7) is 5.03. The molecule has 3 aromatic rings. The number of nitrogens with zero attached hydrogens (tertiary/aromatic N) is 2. The Bertz CT molecular complexity index is 1210. The fraction of sp³-hybridized carbons (Fsp3) is 0.391. The predicted octanol–water partition coefficient (Wildman–Crippen LogP) is 3.19. The first-order valence-corrected chi connectivity index (χ1v) is 12.1. The molecule has 1 aromatic heterocycles. The summed E-state index contributed by atoms with van der Waals surface area (Å²) in [6, 6.07) is 13.8. The van der Waals surface area contributed by atoms with Crippen molar-refractivity contribution < 1.29 is 22.4 Å². The third-order valence-electron chi connectivity index (χ3n) is 5.25. The first-order chi connectivity index (χ1) is 15.4. The SMILES string of the molecule is CCN(CC)S(=O)(=O)c1ccc(CCC(=O)OCCCn2c(=O)oc3ccccc32)cc1. The molecule has 8 nitrogen and oxygen atoms in total. The molecule has 0 bridgehead atoms. The van der Waals surface area contributed by atoms with Gasteiger partial charge in [0.2, 0.25) is 10.0 Å². The van der Waals surface area contributed by atoms with E-state index in [1.165, 1.54) is 8.87 Å². The zero-order valence-corrected chi connectivity index (χ0v) is 19.1. The highest BCUT2D eigenvalue weighted by Crippen LogP contribution is 2.17. The topological polar surface area (TPSA) is 98.8 Å². The van der Waals surface area contributed by atoms with Crippen LogP contribution in [0.3, 0.4) is 0 Å². The molecule has 32 heavy (non-hydrogen) atoms. The molecular formula is C23H28N2O6S. The lowest BCUT2D eigenvalue weighted by molar-refractivity contribution is -0.143. The Kier molecular flexibility index (Phi) is 7.87. The van der Waals surface area contributed by atoms with Crippen LogP contribution in [-0.4, -0.2) is 43.0 Å². The Balaban J connectivity index is 1.45. The van der Waals surface area contributed by atoms with Gasteiger partial charge in [-0.15, -0.1) is 0 Å². The normalized spacial score (nSPS) is 11.8. The lowest BCUT2D eigenvalue weighted by atomic mass is 10.1. The molecular weight excluding hydrogens is 432 g/mol. The fourth-order valence-electron chi connectivity index (χ4n) is 3.49. The average Bonchev–Trinajstić information content (AvgIpc) is 3.11. The summed E-state index contributed by atoms with van der Waals surface area (Å²) in [5.74, 6) is -0.766. The Morgan fingerprint density at radius 3 is 2.44 bits per heavy atom. The maximum atomic E-state index is 12.5. The molecule has 3 rings (SSSR count). The van der Waals surface area contributed by atoms with Crippen LogP contribution in [0.2, 0.25) is 0 Å². The summed E-state index contributed by atoms with van der Waals surface area (Å²) in [6.07, 6.45) is 1.14. The second-order valence-electron chi connectivity index (χ2n) is 7.29. The predicted molar refractivity (Wildman–Crippen MR) is 121 cm³/mol. The number of benzene rings is 2. The summed E-state index contributed by atoms with van der Waals surface area (Å²) in [5, 5.41) is 0. The molecule has 0 N–H and O–H groups in total. The third-order valence-corrected chi connectivity index (χ3v) is 7.31. The minimum absolute atomic E-state index is 0.191. The number of sulfonamides is 1. The van der Waals surface area contributed by atoms with Crippen LogP contribution >= 0.6 is 0 Å². The summed E-state index contributed by atoms with van der Waals surface area (Å²) in [4.78, 5) is 24.2. The molecule has 172 valence electrons. The number of hydrogen-bond acceptors (Lipinski definition) is 6. The van der Waals surface area contributed by atoms with Crippen molar-refractivity contribution in [3.63, 3.8) is 0 Å². The van der Waals surface area contributed by atoms with Gasteiger partial charge in [0.05, 0.1) is 17.0 Å². The van der Waals surface area contributed by atoms with Crippen molar-refractivity contribution in [3.05, 3.63) is 64.6 Å². The number of para-hydroxylation sites is 2. The van der Waals surface area contributed by atoms with Gasteiger partial charge in [0.15, 0.2) is 5.58 Å². The molecule has 0 aliphatic carbocycles. The number of fused-ring (bicyclic) bond motifs is 1. The number of ether oxygens (including phenoxy) is 1. The second-order valence-corrected chi connectivity index (χ2v) is 9.23. The van der Waals surface area contributed by atoms with Crippen molar-refractivity contribution in [2.75, 3.05) is 19.7 Å². The number of hydrogen-bond donors (Lipinski definition) is 0. The molecule has 0 spiro atoms. The highest BCUT2D eigenvalue weighted by molar-refractivity contribution is 7.89. The molecule has 0 saturated carbocycles. The van der Waals surface area contributed by atoms with Gasteiger partial charge in [0.25, 0.3) is 0 Å². The Labute approximate surface area is 187 Å². The minimum Gasteiger partial charge on any atom is -0.466 e. The van der Waals surface area contributed by atoms with Crippen LogP contribution in [0.25, 0.3) is 11.1 Å². The first-order valence-electron chi connectivity index (χ1n) is 10.7. The minimum atomic E-state index is -3.49. The van der Waals surface area contributed by atoms with Crippen molar-refractivity contribution in [2.45, 2.75) is 44.6 Å². The largest absolute Gasteiger partial charge is 0.466 e. The molecule has 0 fully saturated rings. The number of aromatic nitrogens is 1. The maximum absolute atomic E-state index is 12.5. The van der Waals surface area contributed by atoms with E-state index < -0.39 is 15.8 Å². The van der Waals surface area contributed by atoms with E-state index >= 15 is 0 Å². The second kappa shape index (κ2) is 10.6. The molecule has 0 radical (unpaired) electrons. The van der Waals surface area contributed by atoms with E-state index in [2.05, 4.69) is 0 Å². The quantitative estimate of drug-likeness (QED) is 0.322. The highest BCUT2D eigenvalue weighted by atomic mass is 32.2. The average molecular weight is 461 g/mol. The molecule has 0 atom stereocenters. The molecule has 0 amide bonds. The van der Waals surface area contributed by atoms with Crippen molar-refractivity contribution in [1.82, 2.24) is 8.87 Å². The standard InChI is InChI=1S/C23H28N2O6S/c1-3-24(4-2)32(28,29)19-13-10-18(11-14-19)12-15-22(26)30-17-7-16-25-20-8-5-6-9-21(20)31-23(25)27/h5-6,8-11,13-14H,3-4,7,12,15-17H2,1-2H3. The molecule has 9 heteroatoms. The summed E-state index contributed by atoms with van der Waals surface area (Å²) in [5.41, 5.74) is 2.11. The monoisotopic (exact) mass is 460 g/mol. The lowest BCUT2D eigenvalue weighted by Crippen LogP contribution is -2.30. The van der Waals surface area contributed by atoms with E-state index in [9.17, 15) is 18.0 Å². The number of rotatable bonds is 11. The molecule has 0 aliphatic heterocycles. The third kappa shape index (κ3) is 5.46. The highest BCUT2D eigenvalue weighted by Gasteiger charge is 2.21. The van der Waals surface area contributed by atoms with Crippen molar-refractivity contribution in [2.24, 2.45) is 0 Å². The Morgan fingerprint density at radius 1 is 1.06 bits per heavy atom. The van der Waals surface area contributed by atoms with Gasteiger partial charge in [-0.1, -0.05) is 38.1 Å². The van der Waals surface area contributed by atoms with Gasteiger partial charge in [-0.2, -0.15) is 4.31 Å². The van der Waals surface area contributed by atoms with Gasteiger partial charge in [0.1, 0.15) is 0 Å². The summed E-state index contributed by atoms with van der Waals surface area (Å²) in [7, 11) is -3.49. The van der Waals surface area contributed by atoms with Crippen LogP contribution < -0.4 is 5.76 Å². The molecule has 2 aromatic carbocycles. The van der Waals surface area contributed by atoms with Crippen molar-refractivity contribution in [3.8, 4) is 0 Å². The Hall–Kier alpha value is -2.91. The first kappa shape index (κ1) is 23.7. The van der Waals surface area contributed by atoms with Gasteiger partial charge in [-0.25, -0.2) is 13.2 Å². The van der Waals surface area contributed by atoms with Crippen molar-refractivity contribution in [1.29, 1.82) is 0 Å². The van der Waals surface area contributed by atoms with E-state index in [0.29, 0.717) is 38.1 Å². The van der Waals surface area contributed by atoms with Crippen LogP contribution in [0, 0.1) is 0 Å². The van der Waals surface area contributed by atoms with Gasteiger partial charge in [-0.05, 0) is 42.7 Å². The zero-order valence-electron chi connectivity index (χ0n) is 18.3. The van der Waals surface area contributed by atoms with E-state index in [1.54, 1.807) is 50.2 Å².